The predicted octanol–water partition coefficient (Wildman–Crippen LogP) is 2.16. The molecule has 4 nitrogen and oxygen atoms in total. The van der Waals surface area contributed by atoms with Crippen molar-refractivity contribution in [3.8, 4) is 0 Å². The van der Waals surface area contributed by atoms with E-state index in [4.69, 9.17) is 0 Å². The van der Waals surface area contributed by atoms with Gasteiger partial charge in [-0.25, -0.2) is 4.98 Å². The number of hydrogen-bond acceptors (Lipinski definition) is 3. The quantitative estimate of drug-likeness (QED) is 0.895. The number of nitrogens with one attached hydrogen (secondary N) is 1. The number of amides is 1. The lowest BCUT2D eigenvalue weighted by Crippen LogP contribution is -2.29. The van der Waals surface area contributed by atoms with E-state index >= 15 is 0 Å². The van der Waals surface area contributed by atoms with Crippen LogP contribution < -0.4 is 5.32 Å². The van der Waals surface area contributed by atoms with Gasteiger partial charge in [-0.3, -0.25) is 4.79 Å². The van der Waals surface area contributed by atoms with Crippen LogP contribution in [-0.4, -0.2) is 22.5 Å². The van der Waals surface area contributed by atoms with Gasteiger partial charge in [0.25, 0.3) is 5.91 Å². The molecule has 104 valence electrons. The van der Waals surface area contributed by atoms with Gasteiger partial charge in [-0.1, -0.05) is 30.3 Å². The monoisotopic (exact) mass is 270 g/mol. The molecule has 2 rings (SSSR count). The van der Waals surface area contributed by atoms with E-state index in [0.29, 0.717) is 5.69 Å². The highest BCUT2D eigenvalue weighted by Gasteiger charge is 2.13. The summed E-state index contributed by atoms with van der Waals surface area (Å²) in [4.78, 5) is 16.1. The Morgan fingerprint density at radius 1 is 1.20 bits per heavy atom. The topological polar surface area (TPSA) is 62.2 Å². The Morgan fingerprint density at radius 3 is 2.65 bits per heavy atom. The molecule has 0 saturated carbocycles. The molecule has 0 aliphatic heterocycles. The van der Waals surface area contributed by atoms with Gasteiger partial charge in [0, 0.05) is 12.2 Å². The second-order valence-corrected chi connectivity index (χ2v) is 4.75. The van der Waals surface area contributed by atoms with Crippen molar-refractivity contribution < 1.29 is 9.90 Å². The van der Waals surface area contributed by atoms with Crippen LogP contribution in [0.15, 0.2) is 42.5 Å². The highest BCUT2D eigenvalue weighted by molar-refractivity contribution is 5.92. The van der Waals surface area contributed by atoms with Gasteiger partial charge in [0.1, 0.15) is 5.69 Å². The average molecular weight is 270 g/mol. The number of aliphatic hydroxyl groups excluding tert-OH is 1. The number of rotatable bonds is 4. The van der Waals surface area contributed by atoms with Crippen LogP contribution in [0, 0.1) is 13.8 Å². The van der Waals surface area contributed by atoms with Crippen LogP contribution in [-0.2, 0) is 0 Å². The van der Waals surface area contributed by atoms with Gasteiger partial charge < -0.3 is 10.4 Å². The third-order valence-electron chi connectivity index (χ3n) is 3.12. The SMILES string of the molecule is Cc1cccc(C(=O)NCC(O)c2ccccc2C)n1. The smallest absolute Gasteiger partial charge is 0.269 e. The van der Waals surface area contributed by atoms with E-state index in [-0.39, 0.29) is 12.5 Å². The molecule has 0 bridgehead atoms. The maximum atomic E-state index is 11.9. The maximum absolute atomic E-state index is 11.9. The zero-order valence-corrected chi connectivity index (χ0v) is 11.6. The van der Waals surface area contributed by atoms with Gasteiger partial charge in [-0.15, -0.1) is 0 Å². The van der Waals surface area contributed by atoms with E-state index in [0.717, 1.165) is 16.8 Å². The van der Waals surface area contributed by atoms with Crippen LogP contribution in [0.4, 0.5) is 0 Å². The van der Waals surface area contributed by atoms with E-state index in [1.165, 1.54) is 0 Å². The Kier molecular flexibility index (Phi) is 4.48. The summed E-state index contributed by atoms with van der Waals surface area (Å²) in [6.07, 6.45) is -0.718. The minimum atomic E-state index is -0.718. The van der Waals surface area contributed by atoms with Gasteiger partial charge in [-0.05, 0) is 37.1 Å². The van der Waals surface area contributed by atoms with Crippen LogP contribution >= 0.6 is 0 Å². The molecule has 1 aromatic carbocycles. The number of benzene rings is 1. The lowest BCUT2D eigenvalue weighted by molar-refractivity contribution is 0.0911. The van der Waals surface area contributed by atoms with Gasteiger partial charge in [0.05, 0.1) is 6.10 Å². The molecule has 2 N–H and O–H groups in total. The number of aromatic nitrogens is 1. The fourth-order valence-electron chi connectivity index (χ4n) is 2.02. The molecule has 0 spiro atoms. The Balaban J connectivity index is 1.99. The first-order chi connectivity index (χ1) is 9.58. The average Bonchev–Trinajstić information content (AvgIpc) is 2.45. The van der Waals surface area contributed by atoms with E-state index in [1.807, 2.05) is 44.2 Å². The first-order valence-electron chi connectivity index (χ1n) is 6.53. The molecule has 0 saturated heterocycles. The molecule has 1 aromatic heterocycles. The number of hydrogen-bond donors (Lipinski definition) is 2. The third-order valence-corrected chi connectivity index (χ3v) is 3.12. The summed E-state index contributed by atoms with van der Waals surface area (Å²) in [7, 11) is 0. The second kappa shape index (κ2) is 6.30. The maximum Gasteiger partial charge on any atom is 0.269 e. The lowest BCUT2D eigenvalue weighted by atomic mass is 10.0. The standard InChI is InChI=1S/C16H18N2O2/c1-11-6-3-4-8-13(11)15(19)10-17-16(20)14-9-5-7-12(2)18-14/h3-9,15,19H,10H2,1-2H3,(H,17,20). The first kappa shape index (κ1) is 14.2. The Hall–Kier alpha value is -2.20. The normalized spacial score (nSPS) is 11.9. The molecule has 1 unspecified atom stereocenters. The van der Waals surface area contributed by atoms with Crippen LogP contribution in [0.5, 0.6) is 0 Å². The Morgan fingerprint density at radius 2 is 1.95 bits per heavy atom. The van der Waals surface area contributed by atoms with Crippen molar-refractivity contribution in [2.24, 2.45) is 0 Å². The largest absolute Gasteiger partial charge is 0.387 e. The minimum Gasteiger partial charge on any atom is -0.387 e. The molecule has 4 heteroatoms. The van der Waals surface area contributed by atoms with Gasteiger partial charge in [0.15, 0.2) is 0 Å². The van der Waals surface area contributed by atoms with E-state index in [2.05, 4.69) is 10.3 Å². The molecule has 1 amide bonds. The van der Waals surface area contributed by atoms with Crippen molar-refractivity contribution in [1.82, 2.24) is 10.3 Å². The third kappa shape index (κ3) is 3.42. The molecule has 0 aliphatic carbocycles. The molecule has 0 aliphatic rings. The van der Waals surface area contributed by atoms with Crippen molar-refractivity contribution in [3.05, 3.63) is 65.0 Å². The fourth-order valence-corrected chi connectivity index (χ4v) is 2.02. The van der Waals surface area contributed by atoms with Crippen molar-refractivity contribution >= 4 is 5.91 Å². The summed E-state index contributed by atoms with van der Waals surface area (Å²) in [6.45, 7) is 3.93. The van der Waals surface area contributed by atoms with Gasteiger partial charge in [0.2, 0.25) is 0 Å². The Bertz CT molecular complexity index is 611. The fraction of sp³-hybridized carbons (Fsp3) is 0.250. The molecule has 0 radical (unpaired) electrons. The molecular formula is C16H18N2O2. The lowest BCUT2D eigenvalue weighted by Gasteiger charge is -2.14. The summed E-state index contributed by atoms with van der Waals surface area (Å²) >= 11 is 0. The summed E-state index contributed by atoms with van der Waals surface area (Å²) in [5, 5.41) is 12.8. The van der Waals surface area contributed by atoms with Gasteiger partial charge in [-0.2, -0.15) is 0 Å². The van der Waals surface area contributed by atoms with Crippen LogP contribution in [0.3, 0.4) is 0 Å². The number of pyridine rings is 1. The molecule has 1 heterocycles. The zero-order chi connectivity index (χ0) is 14.5. The van der Waals surface area contributed by atoms with Crippen LogP contribution in [0.25, 0.3) is 0 Å². The van der Waals surface area contributed by atoms with E-state index < -0.39 is 6.10 Å². The summed E-state index contributed by atoms with van der Waals surface area (Å²) < 4.78 is 0. The van der Waals surface area contributed by atoms with Gasteiger partial charge >= 0.3 is 0 Å². The van der Waals surface area contributed by atoms with E-state index in [9.17, 15) is 9.90 Å². The zero-order valence-electron chi connectivity index (χ0n) is 11.6. The number of carbonyl (C=O) groups is 1. The van der Waals surface area contributed by atoms with Crippen molar-refractivity contribution in [2.75, 3.05) is 6.54 Å². The molecule has 2 aromatic rings. The van der Waals surface area contributed by atoms with Crippen LogP contribution in [0.2, 0.25) is 0 Å². The number of carbonyl (C=O) groups excluding carboxylic acids is 1. The van der Waals surface area contributed by atoms with Crippen molar-refractivity contribution in [2.45, 2.75) is 20.0 Å². The number of aliphatic hydroxyl groups is 1. The number of aryl methyl sites for hydroxylation is 2. The van der Waals surface area contributed by atoms with Crippen LogP contribution in [0.1, 0.15) is 33.4 Å². The predicted molar refractivity (Wildman–Crippen MR) is 77.4 cm³/mol. The summed E-state index contributed by atoms with van der Waals surface area (Å²) in [6, 6.07) is 12.9. The van der Waals surface area contributed by atoms with Crippen molar-refractivity contribution in [3.63, 3.8) is 0 Å². The highest BCUT2D eigenvalue weighted by Crippen LogP contribution is 2.16. The Labute approximate surface area is 118 Å². The molecule has 0 fully saturated rings. The second-order valence-electron chi connectivity index (χ2n) is 4.75. The number of nitrogens with zero attached hydrogens (tertiary/aromatic N) is 1. The summed E-state index contributed by atoms with van der Waals surface area (Å²) in [5.41, 5.74) is 2.98. The van der Waals surface area contributed by atoms with E-state index in [1.54, 1.807) is 12.1 Å². The molecular weight excluding hydrogens is 252 g/mol. The summed E-state index contributed by atoms with van der Waals surface area (Å²) in [5.74, 6) is -0.277. The first-order valence-corrected chi connectivity index (χ1v) is 6.53. The van der Waals surface area contributed by atoms with Crippen molar-refractivity contribution in [1.29, 1.82) is 0 Å². The molecule has 1 atom stereocenters. The highest BCUT2D eigenvalue weighted by atomic mass is 16.3. The minimum absolute atomic E-state index is 0.166. The molecule has 20 heavy (non-hydrogen) atoms.